The fourth-order valence-electron chi connectivity index (χ4n) is 3.07. The molecular weight excluding hydrogens is 348 g/mol. The number of benzene rings is 1. The summed E-state index contributed by atoms with van der Waals surface area (Å²) >= 11 is 1.40. The molecule has 2 aromatic heterocycles. The number of thiophene rings is 1. The Labute approximate surface area is 155 Å². The fraction of sp³-hybridized carbons (Fsp3) is 0.316. The van der Waals surface area contributed by atoms with E-state index in [0.29, 0.717) is 16.6 Å². The van der Waals surface area contributed by atoms with Gasteiger partial charge >= 0.3 is 0 Å². The molecule has 3 aromatic rings. The second-order valence-corrected chi connectivity index (χ2v) is 7.21. The highest BCUT2D eigenvalue weighted by molar-refractivity contribution is 7.12. The van der Waals surface area contributed by atoms with Gasteiger partial charge in [-0.25, -0.2) is 0 Å². The molecule has 4 rings (SSSR count). The Hall–Kier alpha value is -2.67. The third-order valence-corrected chi connectivity index (χ3v) is 5.33. The van der Waals surface area contributed by atoms with Gasteiger partial charge in [0.2, 0.25) is 11.7 Å². The minimum absolute atomic E-state index is 0.134. The van der Waals surface area contributed by atoms with Crippen molar-refractivity contribution in [3.63, 3.8) is 0 Å². The van der Waals surface area contributed by atoms with Gasteiger partial charge in [-0.05, 0) is 55.0 Å². The Balaban J connectivity index is 1.38. The quantitative estimate of drug-likeness (QED) is 0.743. The summed E-state index contributed by atoms with van der Waals surface area (Å²) in [6.45, 7) is 2.46. The molecule has 1 aliphatic rings. The van der Waals surface area contributed by atoms with Crippen LogP contribution in [0, 0.1) is 0 Å². The Morgan fingerprint density at radius 1 is 1.15 bits per heavy atom. The minimum atomic E-state index is -0.134. The van der Waals surface area contributed by atoms with Crippen LogP contribution in [-0.2, 0) is 6.54 Å². The van der Waals surface area contributed by atoms with Crippen LogP contribution in [0.5, 0.6) is 0 Å². The lowest BCUT2D eigenvalue weighted by Crippen LogP contribution is -2.29. The molecule has 0 unspecified atom stereocenters. The van der Waals surface area contributed by atoms with Gasteiger partial charge in [0, 0.05) is 24.3 Å². The molecule has 0 saturated carbocycles. The second-order valence-electron chi connectivity index (χ2n) is 6.27. The van der Waals surface area contributed by atoms with Crippen molar-refractivity contribution in [2.24, 2.45) is 0 Å². The maximum Gasteiger partial charge on any atom is 0.261 e. The average molecular weight is 368 g/mol. The SMILES string of the molecule is O=C(NCc1nc(-c2ccc(N3CCCCC3)cc2)no1)c1cccs1. The summed E-state index contributed by atoms with van der Waals surface area (Å²) < 4.78 is 5.25. The highest BCUT2D eigenvalue weighted by Gasteiger charge is 2.13. The minimum Gasteiger partial charge on any atom is -0.372 e. The van der Waals surface area contributed by atoms with Crippen LogP contribution >= 0.6 is 11.3 Å². The number of amides is 1. The molecule has 0 spiro atoms. The van der Waals surface area contributed by atoms with Crippen molar-refractivity contribution in [3.05, 3.63) is 52.5 Å². The third-order valence-electron chi connectivity index (χ3n) is 4.46. The van der Waals surface area contributed by atoms with Gasteiger partial charge in [-0.15, -0.1) is 11.3 Å². The van der Waals surface area contributed by atoms with Crippen molar-refractivity contribution in [1.82, 2.24) is 15.5 Å². The number of piperidine rings is 1. The summed E-state index contributed by atoms with van der Waals surface area (Å²) in [6.07, 6.45) is 3.84. The lowest BCUT2D eigenvalue weighted by Gasteiger charge is -2.28. The molecule has 3 heterocycles. The lowest BCUT2D eigenvalue weighted by molar-refractivity contribution is 0.0950. The predicted octanol–water partition coefficient (Wildman–Crippen LogP) is 3.72. The van der Waals surface area contributed by atoms with Crippen molar-refractivity contribution in [3.8, 4) is 11.4 Å². The maximum absolute atomic E-state index is 11.9. The van der Waals surface area contributed by atoms with Gasteiger partial charge in [-0.3, -0.25) is 4.79 Å². The van der Waals surface area contributed by atoms with E-state index >= 15 is 0 Å². The first kappa shape index (κ1) is 16.8. The first-order valence-electron chi connectivity index (χ1n) is 8.79. The van der Waals surface area contributed by atoms with E-state index in [-0.39, 0.29) is 12.5 Å². The van der Waals surface area contributed by atoms with Gasteiger partial charge in [0.05, 0.1) is 11.4 Å². The van der Waals surface area contributed by atoms with Gasteiger partial charge in [0.15, 0.2) is 0 Å². The zero-order valence-corrected chi connectivity index (χ0v) is 15.2. The van der Waals surface area contributed by atoms with Crippen molar-refractivity contribution >= 4 is 22.9 Å². The van der Waals surface area contributed by atoms with E-state index in [1.807, 2.05) is 23.6 Å². The van der Waals surface area contributed by atoms with Gasteiger partial charge in [-0.1, -0.05) is 11.2 Å². The Bertz CT molecular complexity index is 852. The number of nitrogens with one attached hydrogen (secondary N) is 1. The zero-order valence-electron chi connectivity index (χ0n) is 14.4. The molecule has 1 amide bonds. The molecule has 0 radical (unpaired) electrons. The molecule has 0 aliphatic carbocycles. The molecule has 1 aliphatic heterocycles. The van der Waals surface area contributed by atoms with Gasteiger partial charge in [0.25, 0.3) is 5.91 Å². The van der Waals surface area contributed by atoms with E-state index in [1.165, 1.54) is 36.3 Å². The van der Waals surface area contributed by atoms with Crippen LogP contribution in [-0.4, -0.2) is 29.1 Å². The van der Waals surface area contributed by atoms with Crippen LogP contribution in [0.1, 0.15) is 34.8 Å². The molecular formula is C19H20N4O2S. The number of rotatable bonds is 5. The van der Waals surface area contributed by atoms with Gasteiger partial charge < -0.3 is 14.7 Å². The van der Waals surface area contributed by atoms with Crippen molar-refractivity contribution < 1.29 is 9.32 Å². The smallest absolute Gasteiger partial charge is 0.261 e. The van der Waals surface area contributed by atoms with Crippen molar-refractivity contribution in [1.29, 1.82) is 0 Å². The summed E-state index contributed by atoms with van der Waals surface area (Å²) in [6, 6.07) is 11.9. The van der Waals surface area contributed by atoms with E-state index in [0.717, 1.165) is 18.7 Å². The predicted molar refractivity (Wildman–Crippen MR) is 101 cm³/mol. The molecule has 0 bridgehead atoms. The van der Waals surface area contributed by atoms with Crippen LogP contribution < -0.4 is 10.2 Å². The molecule has 1 saturated heterocycles. The highest BCUT2D eigenvalue weighted by atomic mass is 32.1. The van der Waals surface area contributed by atoms with Crippen LogP contribution in [0.2, 0.25) is 0 Å². The Morgan fingerprint density at radius 3 is 2.69 bits per heavy atom. The average Bonchev–Trinajstić information content (AvgIpc) is 3.39. The standard InChI is InChI=1S/C19H20N4O2S/c24-19(16-5-4-12-26-16)20-13-17-21-18(22-25-17)14-6-8-15(9-7-14)23-10-2-1-3-11-23/h4-9,12H,1-3,10-11,13H2,(H,20,24). The molecule has 7 heteroatoms. The summed E-state index contributed by atoms with van der Waals surface area (Å²) in [5, 5.41) is 8.68. The van der Waals surface area contributed by atoms with Gasteiger partial charge in [-0.2, -0.15) is 4.98 Å². The normalized spacial score (nSPS) is 14.4. The molecule has 0 atom stereocenters. The molecule has 1 N–H and O–H groups in total. The van der Waals surface area contributed by atoms with Crippen LogP contribution in [0.3, 0.4) is 0 Å². The van der Waals surface area contributed by atoms with Crippen LogP contribution in [0.4, 0.5) is 5.69 Å². The van der Waals surface area contributed by atoms with Crippen molar-refractivity contribution in [2.45, 2.75) is 25.8 Å². The van der Waals surface area contributed by atoms with E-state index in [2.05, 4.69) is 32.5 Å². The van der Waals surface area contributed by atoms with Crippen LogP contribution in [0.15, 0.2) is 46.3 Å². The Morgan fingerprint density at radius 2 is 1.96 bits per heavy atom. The molecule has 1 fully saturated rings. The summed E-state index contributed by atoms with van der Waals surface area (Å²) in [5.41, 5.74) is 2.14. The number of aromatic nitrogens is 2. The summed E-state index contributed by atoms with van der Waals surface area (Å²) in [4.78, 5) is 19.4. The topological polar surface area (TPSA) is 71.3 Å². The number of carbonyl (C=O) groups is 1. The second kappa shape index (κ2) is 7.70. The largest absolute Gasteiger partial charge is 0.372 e. The van der Waals surface area contributed by atoms with E-state index in [4.69, 9.17) is 4.52 Å². The number of nitrogens with zero attached hydrogens (tertiary/aromatic N) is 3. The first-order valence-corrected chi connectivity index (χ1v) is 9.67. The molecule has 1 aromatic carbocycles. The number of anilines is 1. The van der Waals surface area contributed by atoms with E-state index in [1.54, 1.807) is 6.07 Å². The van der Waals surface area contributed by atoms with Crippen molar-refractivity contribution in [2.75, 3.05) is 18.0 Å². The monoisotopic (exact) mass is 368 g/mol. The zero-order chi connectivity index (χ0) is 17.8. The highest BCUT2D eigenvalue weighted by Crippen LogP contribution is 2.23. The maximum atomic E-state index is 11.9. The number of carbonyl (C=O) groups excluding carboxylic acids is 1. The first-order chi connectivity index (χ1) is 12.8. The molecule has 26 heavy (non-hydrogen) atoms. The number of hydrogen-bond donors (Lipinski definition) is 1. The van der Waals surface area contributed by atoms with E-state index < -0.39 is 0 Å². The van der Waals surface area contributed by atoms with E-state index in [9.17, 15) is 4.79 Å². The number of hydrogen-bond acceptors (Lipinski definition) is 6. The van der Waals surface area contributed by atoms with Crippen LogP contribution in [0.25, 0.3) is 11.4 Å². The fourth-order valence-corrected chi connectivity index (χ4v) is 3.71. The summed E-state index contributed by atoms with van der Waals surface area (Å²) in [5.74, 6) is 0.797. The molecule has 6 nitrogen and oxygen atoms in total. The molecule has 134 valence electrons. The third kappa shape index (κ3) is 3.77. The lowest BCUT2D eigenvalue weighted by atomic mass is 10.1. The van der Waals surface area contributed by atoms with Gasteiger partial charge in [0.1, 0.15) is 0 Å². The summed E-state index contributed by atoms with van der Waals surface area (Å²) in [7, 11) is 0. The Kier molecular flexibility index (Phi) is 4.97.